The number of rotatable bonds is 3. The zero-order valence-electron chi connectivity index (χ0n) is 9.26. The standard InChI is InChI=1S/C11H17N3.2ClH/c1(10-3-5-12-6-4-10)2-11-7-13-9-14-8-11;;/h7-10,12H,1-6H2;2*1H. The van der Waals surface area contributed by atoms with E-state index in [2.05, 4.69) is 15.3 Å². The van der Waals surface area contributed by atoms with Crippen molar-refractivity contribution in [2.45, 2.75) is 25.7 Å². The van der Waals surface area contributed by atoms with Crippen molar-refractivity contribution in [2.75, 3.05) is 13.1 Å². The van der Waals surface area contributed by atoms with Gasteiger partial charge in [-0.1, -0.05) is 0 Å². The summed E-state index contributed by atoms with van der Waals surface area (Å²) in [5.41, 5.74) is 1.27. The highest BCUT2D eigenvalue weighted by Gasteiger charge is 2.12. The van der Waals surface area contributed by atoms with Crippen molar-refractivity contribution in [3.8, 4) is 0 Å². The van der Waals surface area contributed by atoms with Crippen LogP contribution < -0.4 is 5.32 Å². The largest absolute Gasteiger partial charge is 0.317 e. The van der Waals surface area contributed by atoms with E-state index in [4.69, 9.17) is 0 Å². The molecule has 0 bridgehead atoms. The summed E-state index contributed by atoms with van der Waals surface area (Å²) in [5, 5.41) is 3.39. The predicted molar refractivity (Wildman–Crippen MR) is 70.4 cm³/mol. The summed E-state index contributed by atoms with van der Waals surface area (Å²) in [5.74, 6) is 0.899. The Kier molecular flexibility index (Phi) is 8.53. The summed E-state index contributed by atoms with van der Waals surface area (Å²) in [6.45, 7) is 2.38. The quantitative estimate of drug-likeness (QED) is 0.909. The van der Waals surface area contributed by atoms with Crippen LogP contribution in [-0.4, -0.2) is 23.1 Å². The molecular weight excluding hydrogens is 245 g/mol. The molecule has 5 heteroatoms. The minimum absolute atomic E-state index is 0. The summed E-state index contributed by atoms with van der Waals surface area (Å²) in [6, 6.07) is 0. The average molecular weight is 264 g/mol. The molecular formula is C11H19Cl2N3. The molecule has 1 aliphatic rings. The second-order valence-corrected chi connectivity index (χ2v) is 3.98. The average Bonchev–Trinajstić information content (AvgIpc) is 2.29. The van der Waals surface area contributed by atoms with Crippen LogP contribution in [0.15, 0.2) is 18.7 Å². The Labute approximate surface area is 109 Å². The van der Waals surface area contributed by atoms with E-state index in [1.165, 1.54) is 37.9 Å². The molecule has 92 valence electrons. The Hall–Kier alpha value is -0.380. The van der Waals surface area contributed by atoms with Crippen LogP contribution in [0.4, 0.5) is 0 Å². The lowest BCUT2D eigenvalue weighted by atomic mass is 9.92. The third-order valence-corrected chi connectivity index (χ3v) is 2.91. The molecule has 2 rings (SSSR count). The van der Waals surface area contributed by atoms with Gasteiger partial charge in [-0.25, -0.2) is 9.97 Å². The first kappa shape index (κ1) is 15.6. The first-order valence-corrected chi connectivity index (χ1v) is 5.40. The highest BCUT2D eigenvalue weighted by Crippen LogP contribution is 2.17. The molecule has 1 saturated heterocycles. The SMILES string of the molecule is Cl.Cl.c1ncc(CCC2CCNCC2)cn1. The molecule has 2 heterocycles. The Balaban J connectivity index is 0.00000112. The summed E-state index contributed by atoms with van der Waals surface area (Å²) in [7, 11) is 0. The van der Waals surface area contributed by atoms with Gasteiger partial charge in [0.15, 0.2) is 0 Å². The molecule has 1 aliphatic heterocycles. The van der Waals surface area contributed by atoms with Gasteiger partial charge < -0.3 is 5.32 Å². The van der Waals surface area contributed by atoms with E-state index in [9.17, 15) is 0 Å². The maximum Gasteiger partial charge on any atom is 0.115 e. The van der Waals surface area contributed by atoms with Gasteiger partial charge in [0, 0.05) is 12.4 Å². The molecule has 3 nitrogen and oxygen atoms in total. The number of piperidine rings is 1. The van der Waals surface area contributed by atoms with Gasteiger partial charge in [0.05, 0.1) is 0 Å². The van der Waals surface area contributed by atoms with Crippen molar-refractivity contribution in [2.24, 2.45) is 5.92 Å². The lowest BCUT2D eigenvalue weighted by molar-refractivity contribution is 0.354. The zero-order chi connectivity index (χ0) is 9.64. The van der Waals surface area contributed by atoms with Gasteiger partial charge in [-0.3, -0.25) is 0 Å². The Morgan fingerprint density at radius 2 is 1.75 bits per heavy atom. The molecule has 0 radical (unpaired) electrons. The van der Waals surface area contributed by atoms with Crippen molar-refractivity contribution in [3.05, 3.63) is 24.3 Å². The van der Waals surface area contributed by atoms with Crippen LogP contribution in [0.1, 0.15) is 24.8 Å². The summed E-state index contributed by atoms with van der Waals surface area (Å²) >= 11 is 0. The fourth-order valence-corrected chi connectivity index (χ4v) is 2.00. The van der Waals surface area contributed by atoms with E-state index >= 15 is 0 Å². The van der Waals surface area contributed by atoms with Crippen LogP contribution in [0.3, 0.4) is 0 Å². The normalized spacial score (nSPS) is 16.0. The smallest absolute Gasteiger partial charge is 0.115 e. The minimum atomic E-state index is 0. The molecule has 0 spiro atoms. The monoisotopic (exact) mass is 263 g/mol. The van der Waals surface area contributed by atoms with Crippen molar-refractivity contribution in [1.82, 2.24) is 15.3 Å². The van der Waals surface area contributed by atoms with Crippen LogP contribution in [-0.2, 0) is 6.42 Å². The van der Waals surface area contributed by atoms with Gasteiger partial charge in [-0.2, -0.15) is 0 Å². The van der Waals surface area contributed by atoms with Crippen molar-refractivity contribution < 1.29 is 0 Å². The minimum Gasteiger partial charge on any atom is -0.317 e. The molecule has 1 aromatic heterocycles. The van der Waals surface area contributed by atoms with Gasteiger partial charge in [-0.05, 0) is 50.3 Å². The second kappa shape index (κ2) is 8.74. The lowest BCUT2D eigenvalue weighted by Crippen LogP contribution is -2.27. The number of hydrogen-bond acceptors (Lipinski definition) is 3. The van der Waals surface area contributed by atoms with Gasteiger partial charge >= 0.3 is 0 Å². The first-order valence-electron chi connectivity index (χ1n) is 5.40. The van der Waals surface area contributed by atoms with E-state index in [0.717, 1.165) is 12.3 Å². The molecule has 1 aromatic rings. The third-order valence-electron chi connectivity index (χ3n) is 2.91. The van der Waals surface area contributed by atoms with E-state index in [-0.39, 0.29) is 24.8 Å². The third kappa shape index (κ3) is 5.10. The number of nitrogens with one attached hydrogen (secondary N) is 1. The fraction of sp³-hybridized carbons (Fsp3) is 0.636. The van der Waals surface area contributed by atoms with Crippen molar-refractivity contribution in [3.63, 3.8) is 0 Å². The van der Waals surface area contributed by atoms with Crippen molar-refractivity contribution >= 4 is 24.8 Å². The van der Waals surface area contributed by atoms with E-state index < -0.39 is 0 Å². The number of hydrogen-bond donors (Lipinski definition) is 1. The molecule has 0 unspecified atom stereocenters. The predicted octanol–water partition coefficient (Wildman–Crippen LogP) is 2.25. The highest BCUT2D eigenvalue weighted by molar-refractivity contribution is 5.85. The number of halogens is 2. The lowest BCUT2D eigenvalue weighted by Gasteiger charge is -2.22. The van der Waals surface area contributed by atoms with E-state index in [1.54, 1.807) is 6.33 Å². The summed E-state index contributed by atoms with van der Waals surface area (Å²) < 4.78 is 0. The van der Waals surface area contributed by atoms with Crippen LogP contribution >= 0.6 is 24.8 Å². The zero-order valence-corrected chi connectivity index (χ0v) is 10.9. The topological polar surface area (TPSA) is 37.8 Å². The van der Waals surface area contributed by atoms with Crippen LogP contribution in [0.25, 0.3) is 0 Å². The molecule has 0 aliphatic carbocycles. The number of aromatic nitrogens is 2. The molecule has 0 aromatic carbocycles. The van der Waals surface area contributed by atoms with Crippen LogP contribution in [0.5, 0.6) is 0 Å². The molecule has 16 heavy (non-hydrogen) atoms. The Morgan fingerprint density at radius 3 is 2.38 bits per heavy atom. The Morgan fingerprint density at radius 1 is 1.12 bits per heavy atom. The molecule has 0 amide bonds. The fourth-order valence-electron chi connectivity index (χ4n) is 2.00. The molecule has 0 atom stereocenters. The van der Waals surface area contributed by atoms with Gasteiger partial charge in [-0.15, -0.1) is 24.8 Å². The maximum atomic E-state index is 4.02. The highest BCUT2D eigenvalue weighted by atomic mass is 35.5. The van der Waals surface area contributed by atoms with Gasteiger partial charge in [0.1, 0.15) is 6.33 Å². The van der Waals surface area contributed by atoms with Crippen LogP contribution in [0, 0.1) is 5.92 Å². The molecule has 1 N–H and O–H groups in total. The second-order valence-electron chi connectivity index (χ2n) is 3.98. The first-order chi connectivity index (χ1) is 6.95. The summed E-state index contributed by atoms with van der Waals surface area (Å²) in [4.78, 5) is 8.05. The van der Waals surface area contributed by atoms with Crippen molar-refractivity contribution in [1.29, 1.82) is 0 Å². The Bertz CT molecular complexity index is 263. The van der Waals surface area contributed by atoms with E-state index in [1.807, 2.05) is 12.4 Å². The van der Waals surface area contributed by atoms with Gasteiger partial charge in [0.25, 0.3) is 0 Å². The molecule has 0 saturated carbocycles. The maximum absolute atomic E-state index is 4.02. The number of aryl methyl sites for hydroxylation is 1. The molecule has 1 fully saturated rings. The van der Waals surface area contributed by atoms with Crippen LogP contribution in [0.2, 0.25) is 0 Å². The number of nitrogens with zero attached hydrogens (tertiary/aromatic N) is 2. The summed E-state index contributed by atoms with van der Waals surface area (Å²) in [6.07, 6.45) is 10.5. The van der Waals surface area contributed by atoms with Gasteiger partial charge in [0.2, 0.25) is 0 Å². The van der Waals surface area contributed by atoms with E-state index in [0.29, 0.717) is 0 Å².